The molecule has 0 aromatic heterocycles. The van der Waals surface area contributed by atoms with Gasteiger partial charge in [0, 0.05) is 36.7 Å². The number of nitrogens with zero attached hydrogens (tertiary/aromatic N) is 1. The molecule has 102 valence electrons. The van der Waals surface area contributed by atoms with Crippen LogP contribution in [0, 0.1) is 11.3 Å². The van der Waals surface area contributed by atoms with Gasteiger partial charge in [-0.3, -0.25) is 4.79 Å². The van der Waals surface area contributed by atoms with E-state index in [9.17, 15) is 4.79 Å². The van der Waals surface area contributed by atoms with Crippen molar-refractivity contribution in [2.45, 2.75) is 32.1 Å². The molecule has 3 heterocycles. The van der Waals surface area contributed by atoms with E-state index >= 15 is 0 Å². The molecule has 3 aliphatic heterocycles. The molecule has 3 rings (SSSR count). The van der Waals surface area contributed by atoms with E-state index in [1.165, 1.54) is 31.4 Å². The summed E-state index contributed by atoms with van der Waals surface area (Å²) in [6, 6.07) is 0. The molecule has 18 heavy (non-hydrogen) atoms. The maximum Gasteiger partial charge on any atom is 0.226 e. The van der Waals surface area contributed by atoms with Crippen LogP contribution in [-0.2, 0) is 4.79 Å². The van der Waals surface area contributed by atoms with Gasteiger partial charge in [-0.2, -0.15) is 11.8 Å². The highest BCUT2D eigenvalue weighted by Crippen LogP contribution is 2.37. The van der Waals surface area contributed by atoms with Gasteiger partial charge in [-0.25, -0.2) is 0 Å². The normalized spacial score (nSPS) is 37.1. The molecule has 0 saturated carbocycles. The summed E-state index contributed by atoms with van der Waals surface area (Å²) in [7, 11) is 0. The predicted molar refractivity (Wildman–Crippen MR) is 75.8 cm³/mol. The lowest BCUT2D eigenvalue weighted by molar-refractivity contribution is -0.138. The van der Waals surface area contributed by atoms with E-state index in [4.69, 9.17) is 0 Å². The molecule has 0 aromatic carbocycles. The molecule has 3 aliphatic rings. The van der Waals surface area contributed by atoms with E-state index in [0.717, 1.165) is 38.4 Å². The molecule has 2 atom stereocenters. The van der Waals surface area contributed by atoms with Crippen molar-refractivity contribution >= 4 is 17.7 Å². The van der Waals surface area contributed by atoms with Gasteiger partial charge in [-0.1, -0.05) is 0 Å². The van der Waals surface area contributed by atoms with Gasteiger partial charge in [0.1, 0.15) is 0 Å². The Morgan fingerprint density at radius 3 is 2.94 bits per heavy atom. The fourth-order valence-corrected chi connectivity index (χ4v) is 4.97. The van der Waals surface area contributed by atoms with Crippen molar-refractivity contribution in [3.8, 4) is 0 Å². The van der Waals surface area contributed by atoms with Crippen LogP contribution in [0.4, 0.5) is 0 Å². The second-order valence-corrected chi connectivity index (χ2v) is 7.35. The Balaban J connectivity index is 1.64. The molecular weight excluding hydrogens is 244 g/mol. The Morgan fingerprint density at radius 1 is 1.33 bits per heavy atom. The van der Waals surface area contributed by atoms with Crippen molar-refractivity contribution in [2.75, 3.05) is 37.7 Å². The first-order chi connectivity index (χ1) is 8.79. The van der Waals surface area contributed by atoms with Crippen molar-refractivity contribution in [1.82, 2.24) is 10.2 Å². The number of rotatable bonds is 1. The molecule has 1 N–H and O–H groups in total. The molecule has 0 aromatic rings. The van der Waals surface area contributed by atoms with E-state index in [1.807, 2.05) is 11.8 Å². The van der Waals surface area contributed by atoms with Crippen LogP contribution in [0.2, 0.25) is 0 Å². The number of hydrogen-bond acceptors (Lipinski definition) is 3. The van der Waals surface area contributed by atoms with Crippen LogP contribution in [0.15, 0.2) is 0 Å². The number of amides is 1. The third-order valence-electron chi connectivity index (χ3n) is 4.81. The van der Waals surface area contributed by atoms with Crippen LogP contribution in [0.25, 0.3) is 0 Å². The van der Waals surface area contributed by atoms with Crippen molar-refractivity contribution in [1.29, 1.82) is 0 Å². The highest BCUT2D eigenvalue weighted by Gasteiger charge is 2.39. The summed E-state index contributed by atoms with van der Waals surface area (Å²) >= 11 is 1.94. The number of hydrogen-bond donors (Lipinski definition) is 1. The Hall–Kier alpha value is -0.220. The summed E-state index contributed by atoms with van der Waals surface area (Å²) in [5.74, 6) is 3.00. The second-order valence-electron chi connectivity index (χ2n) is 6.20. The van der Waals surface area contributed by atoms with Gasteiger partial charge in [0.2, 0.25) is 5.91 Å². The standard InChI is InChI=1S/C14H24N2OS/c17-13(12-3-8-18-9-12)16-7-2-5-14(11-16)4-1-6-15-10-14/h12,15H,1-11H2. The molecule has 4 heteroatoms. The summed E-state index contributed by atoms with van der Waals surface area (Å²) in [5, 5.41) is 3.53. The molecule has 2 unspecified atom stereocenters. The summed E-state index contributed by atoms with van der Waals surface area (Å²) < 4.78 is 0. The Morgan fingerprint density at radius 2 is 2.22 bits per heavy atom. The quantitative estimate of drug-likeness (QED) is 0.786. The number of carbonyl (C=O) groups excluding carboxylic acids is 1. The van der Waals surface area contributed by atoms with Crippen molar-refractivity contribution in [3.05, 3.63) is 0 Å². The minimum absolute atomic E-state index is 0.321. The van der Waals surface area contributed by atoms with Crippen molar-refractivity contribution in [3.63, 3.8) is 0 Å². The number of carbonyl (C=O) groups is 1. The van der Waals surface area contributed by atoms with Crippen LogP contribution in [0.3, 0.4) is 0 Å². The van der Waals surface area contributed by atoms with Crippen LogP contribution >= 0.6 is 11.8 Å². The second kappa shape index (κ2) is 5.41. The molecule has 1 amide bonds. The topological polar surface area (TPSA) is 32.3 Å². The lowest BCUT2D eigenvalue weighted by atomic mass is 9.74. The zero-order valence-electron chi connectivity index (χ0n) is 11.1. The van der Waals surface area contributed by atoms with Crippen LogP contribution in [0.1, 0.15) is 32.1 Å². The minimum atomic E-state index is 0.321. The highest BCUT2D eigenvalue weighted by atomic mass is 32.2. The van der Waals surface area contributed by atoms with Crippen LogP contribution in [-0.4, -0.2) is 48.5 Å². The first-order valence-electron chi connectivity index (χ1n) is 7.36. The lowest BCUT2D eigenvalue weighted by Gasteiger charge is -2.46. The molecule has 0 bridgehead atoms. The largest absolute Gasteiger partial charge is 0.342 e. The molecule has 3 saturated heterocycles. The van der Waals surface area contributed by atoms with Crippen LogP contribution < -0.4 is 5.32 Å². The van der Waals surface area contributed by atoms with Crippen molar-refractivity contribution in [2.24, 2.45) is 11.3 Å². The summed E-state index contributed by atoms with van der Waals surface area (Å²) in [5.41, 5.74) is 0.401. The molecule has 0 aliphatic carbocycles. The van der Waals surface area contributed by atoms with Gasteiger partial charge in [0.15, 0.2) is 0 Å². The summed E-state index contributed by atoms with van der Waals surface area (Å²) in [6.45, 7) is 4.30. The highest BCUT2D eigenvalue weighted by molar-refractivity contribution is 7.99. The predicted octanol–water partition coefficient (Wildman–Crippen LogP) is 1.73. The molecule has 3 nitrogen and oxygen atoms in total. The van der Waals surface area contributed by atoms with E-state index in [0.29, 0.717) is 17.2 Å². The fraction of sp³-hybridized carbons (Fsp3) is 0.929. The lowest BCUT2D eigenvalue weighted by Crippen LogP contribution is -2.53. The first-order valence-corrected chi connectivity index (χ1v) is 8.52. The zero-order chi connectivity index (χ0) is 12.4. The molecule has 0 radical (unpaired) electrons. The monoisotopic (exact) mass is 268 g/mol. The average molecular weight is 268 g/mol. The average Bonchev–Trinajstić information content (AvgIpc) is 2.93. The van der Waals surface area contributed by atoms with E-state index < -0.39 is 0 Å². The summed E-state index contributed by atoms with van der Waals surface area (Å²) in [4.78, 5) is 14.7. The Kier molecular flexibility index (Phi) is 3.85. The molecular formula is C14H24N2OS. The Labute approximate surface area is 114 Å². The van der Waals surface area contributed by atoms with E-state index in [1.54, 1.807) is 0 Å². The van der Waals surface area contributed by atoms with Crippen molar-refractivity contribution < 1.29 is 4.79 Å². The Bertz CT molecular complexity index is 303. The van der Waals surface area contributed by atoms with Gasteiger partial charge < -0.3 is 10.2 Å². The van der Waals surface area contributed by atoms with Gasteiger partial charge in [0.05, 0.1) is 0 Å². The van der Waals surface area contributed by atoms with E-state index in [2.05, 4.69) is 10.2 Å². The van der Waals surface area contributed by atoms with Crippen LogP contribution in [0.5, 0.6) is 0 Å². The van der Waals surface area contributed by atoms with Gasteiger partial charge in [-0.05, 0) is 44.4 Å². The molecule has 1 spiro atoms. The number of nitrogens with one attached hydrogen (secondary N) is 1. The number of piperidine rings is 2. The summed E-state index contributed by atoms with van der Waals surface area (Å²) in [6.07, 6.45) is 6.20. The third kappa shape index (κ3) is 2.55. The SMILES string of the molecule is O=C(C1CCSC1)N1CCCC2(CCCNC2)C1. The minimum Gasteiger partial charge on any atom is -0.342 e. The smallest absolute Gasteiger partial charge is 0.226 e. The first kappa shape index (κ1) is 12.8. The number of likely N-dealkylation sites (tertiary alicyclic amines) is 1. The van der Waals surface area contributed by atoms with Gasteiger partial charge in [-0.15, -0.1) is 0 Å². The maximum atomic E-state index is 12.5. The molecule has 3 fully saturated rings. The maximum absolute atomic E-state index is 12.5. The van der Waals surface area contributed by atoms with Gasteiger partial charge in [0.25, 0.3) is 0 Å². The fourth-order valence-electron chi connectivity index (χ4n) is 3.76. The number of thioether (sulfide) groups is 1. The zero-order valence-corrected chi connectivity index (χ0v) is 11.9. The third-order valence-corrected chi connectivity index (χ3v) is 5.98. The van der Waals surface area contributed by atoms with E-state index in [-0.39, 0.29) is 0 Å². The van der Waals surface area contributed by atoms with Gasteiger partial charge >= 0.3 is 0 Å².